The van der Waals surface area contributed by atoms with E-state index in [-0.39, 0.29) is 17.9 Å². The molecule has 20 heavy (non-hydrogen) atoms. The standard InChI is InChI=1S/C16H23NO2S/c1-13-2-4-14(5-3-13)10-20-11-15(19)17-12-16(6-7-16)8-9-18/h2-5,18H,6-12H2,1H3,(H,17,19). The lowest BCUT2D eigenvalue weighted by Crippen LogP contribution is -2.31. The first kappa shape index (κ1) is 15.4. The molecule has 0 bridgehead atoms. The number of aliphatic hydroxyl groups excluding tert-OH is 1. The third-order valence-electron chi connectivity index (χ3n) is 3.88. The molecule has 1 aromatic carbocycles. The van der Waals surface area contributed by atoms with Crippen molar-refractivity contribution in [3.05, 3.63) is 35.4 Å². The maximum absolute atomic E-state index is 11.8. The highest BCUT2D eigenvalue weighted by Gasteiger charge is 2.41. The number of rotatable bonds is 8. The first-order chi connectivity index (χ1) is 9.63. The first-order valence-electron chi connectivity index (χ1n) is 7.14. The summed E-state index contributed by atoms with van der Waals surface area (Å²) in [7, 11) is 0. The van der Waals surface area contributed by atoms with Gasteiger partial charge in [-0.25, -0.2) is 0 Å². The quantitative estimate of drug-likeness (QED) is 0.774. The van der Waals surface area contributed by atoms with Crippen molar-refractivity contribution < 1.29 is 9.90 Å². The average molecular weight is 293 g/mol. The monoisotopic (exact) mass is 293 g/mol. The Bertz CT molecular complexity index is 440. The van der Waals surface area contributed by atoms with Crippen LogP contribution in [0.25, 0.3) is 0 Å². The molecule has 1 fully saturated rings. The van der Waals surface area contributed by atoms with E-state index in [0.717, 1.165) is 31.6 Å². The Balaban J connectivity index is 1.62. The zero-order valence-electron chi connectivity index (χ0n) is 12.0. The Labute approximate surface area is 125 Å². The molecular weight excluding hydrogens is 270 g/mol. The van der Waals surface area contributed by atoms with Crippen LogP contribution >= 0.6 is 11.8 Å². The van der Waals surface area contributed by atoms with Gasteiger partial charge in [0.05, 0.1) is 5.75 Å². The van der Waals surface area contributed by atoms with Crippen molar-refractivity contribution in [1.82, 2.24) is 5.32 Å². The molecule has 1 aliphatic rings. The van der Waals surface area contributed by atoms with E-state index in [1.165, 1.54) is 11.1 Å². The molecule has 0 unspecified atom stereocenters. The maximum atomic E-state index is 11.8. The van der Waals surface area contributed by atoms with Crippen LogP contribution in [0.2, 0.25) is 0 Å². The minimum Gasteiger partial charge on any atom is -0.396 e. The molecule has 0 heterocycles. The van der Waals surface area contributed by atoms with Gasteiger partial charge in [-0.2, -0.15) is 0 Å². The van der Waals surface area contributed by atoms with Gasteiger partial charge >= 0.3 is 0 Å². The van der Waals surface area contributed by atoms with Crippen LogP contribution in [0.1, 0.15) is 30.4 Å². The van der Waals surface area contributed by atoms with Crippen LogP contribution in [0.5, 0.6) is 0 Å². The Morgan fingerprint density at radius 2 is 2.05 bits per heavy atom. The molecular formula is C16H23NO2S. The highest BCUT2D eigenvalue weighted by Crippen LogP contribution is 2.47. The van der Waals surface area contributed by atoms with Crippen molar-refractivity contribution in [2.45, 2.75) is 31.9 Å². The van der Waals surface area contributed by atoms with Gasteiger partial charge < -0.3 is 10.4 Å². The van der Waals surface area contributed by atoms with Crippen LogP contribution in [0, 0.1) is 12.3 Å². The number of benzene rings is 1. The summed E-state index contributed by atoms with van der Waals surface area (Å²) >= 11 is 1.64. The topological polar surface area (TPSA) is 49.3 Å². The van der Waals surface area contributed by atoms with E-state index in [9.17, 15) is 4.79 Å². The summed E-state index contributed by atoms with van der Waals surface area (Å²) < 4.78 is 0. The molecule has 110 valence electrons. The summed E-state index contributed by atoms with van der Waals surface area (Å²) in [6.45, 7) is 3.01. The number of aliphatic hydroxyl groups is 1. The van der Waals surface area contributed by atoms with Gasteiger partial charge in [-0.15, -0.1) is 11.8 Å². The summed E-state index contributed by atoms with van der Waals surface area (Å²) in [5.41, 5.74) is 2.72. The number of aryl methyl sites for hydroxylation is 1. The normalized spacial score (nSPS) is 15.9. The smallest absolute Gasteiger partial charge is 0.230 e. The SMILES string of the molecule is Cc1ccc(CSCC(=O)NCC2(CCO)CC2)cc1. The zero-order valence-corrected chi connectivity index (χ0v) is 12.8. The molecule has 0 saturated heterocycles. The van der Waals surface area contributed by atoms with E-state index in [1.807, 2.05) is 0 Å². The van der Waals surface area contributed by atoms with E-state index in [2.05, 4.69) is 36.5 Å². The van der Waals surface area contributed by atoms with Crippen LogP contribution in [-0.4, -0.2) is 29.9 Å². The van der Waals surface area contributed by atoms with Gasteiger partial charge in [-0.1, -0.05) is 29.8 Å². The Kier molecular flexibility index (Phi) is 5.49. The molecule has 0 radical (unpaired) electrons. The highest BCUT2D eigenvalue weighted by molar-refractivity contribution is 7.99. The third kappa shape index (κ3) is 4.84. The Morgan fingerprint density at radius 3 is 2.65 bits per heavy atom. The summed E-state index contributed by atoms with van der Waals surface area (Å²) in [6, 6.07) is 8.42. The second-order valence-electron chi connectivity index (χ2n) is 5.73. The molecule has 2 rings (SSSR count). The van der Waals surface area contributed by atoms with Crippen molar-refractivity contribution in [1.29, 1.82) is 0 Å². The lowest BCUT2D eigenvalue weighted by Gasteiger charge is -2.14. The van der Waals surface area contributed by atoms with Gasteiger partial charge in [0.1, 0.15) is 0 Å². The van der Waals surface area contributed by atoms with Crippen molar-refractivity contribution in [3.8, 4) is 0 Å². The molecule has 0 atom stereocenters. The number of hydrogen-bond acceptors (Lipinski definition) is 3. The summed E-state index contributed by atoms with van der Waals surface area (Å²) in [5, 5.41) is 12.0. The molecule has 3 nitrogen and oxygen atoms in total. The largest absolute Gasteiger partial charge is 0.396 e. The Morgan fingerprint density at radius 1 is 1.35 bits per heavy atom. The average Bonchev–Trinajstić information content (AvgIpc) is 3.20. The fourth-order valence-corrected chi connectivity index (χ4v) is 3.03. The minimum atomic E-state index is 0.103. The molecule has 1 aromatic rings. The van der Waals surface area contributed by atoms with E-state index >= 15 is 0 Å². The van der Waals surface area contributed by atoms with E-state index in [1.54, 1.807) is 11.8 Å². The summed E-state index contributed by atoms with van der Waals surface area (Å²) in [5.74, 6) is 1.48. The fraction of sp³-hybridized carbons (Fsp3) is 0.562. The Hall–Kier alpha value is -1.00. The number of carbonyl (C=O) groups is 1. The predicted molar refractivity (Wildman–Crippen MR) is 83.7 cm³/mol. The number of hydrogen-bond donors (Lipinski definition) is 2. The number of nitrogens with one attached hydrogen (secondary N) is 1. The van der Waals surface area contributed by atoms with Crippen LogP contribution in [-0.2, 0) is 10.5 Å². The van der Waals surface area contributed by atoms with Gasteiger partial charge in [0.15, 0.2) is 0 Å². The van der Waals surface area contributed by atoms with Crippen molar-refractivity contribution in [2.24, 2.45) is 5.41 Å². The highest BCUT2D eigenvalue weighted by atomic mass is 32.2. The van der Waals surface area contributed by atoms with Crippen LogP contribution < -0.4 is 5.32 Å². The molecule has 1 saturated carbocycles. The number of carbonyl (C=O) groups excluding carboxylic acids is 1. The first-order valence-corrected chi connectivity index (χ1v) is 8.30. The van der Waals surface area contributed by atoms with Crippen LogP contribution in [0.3, 0.4) is 0 Å². The van der Waals surface area contributed by atoms with Crippen LogP contribution in [0.4, 0.5) is 0 Å². The molecule has 0 aromatic heterocycles. The summed E-state index contributed by atoms with van der Waals surface area (Å²) in [6.07, 6.45) is 3.07. The van der Waals surface area contributed by atoms with Crippen molar-refractivity contribution >= 4 is 17.7 Å². The van der Waals surface area contributed by atoms with E-state index in [4.69, 9.17) is 5.11 Å². The predicted octanol–water partition coefficient (Wildman–Crippen LogP) is 2.51. The van der Waals surface area contributed by atoms with Gasteiger partial charge in [-0.3, -0.25) is 4.79 Å². The molecule has 4 heteroatoms. The molecule has 1 aliphatic carbocycles. The van der Waals surface area contributed by atoms with E-state index < -0.39 is 0 Å². The van der Waals surface area contributed by atoms with Gasteiger partial charge in [0.2, 0.25) is 5.91 Å². The second-order valence-corrected chi connectivity index (χ2v) is 6.71. The molecule has 0 aliphatic heterocycles. The third-order valence-corrected chi connectivity index (χ3v) is 4.89. The zero-order chi connectivity index (χ0) is 14.4. The van der Waals surface area contributed by atoms with Gasteiger partial charge in [0, 0.05) is 18.9 Å². The lowest BCUT2D eigenvalue weighted by molar-refractivity contribution is -0.118. The van der Waals surface area contributed by atoms with E-state index in [0.29, 0.717) is 5.75 Å². The fourth-order valence-electron chi connectivity index (χ4n) is 2.21. The molecule has 1 amide bonds. The van der Waals surface area contributed by atoms with Gasteiger partial charge in [-0.05, 0) is 37.2 Å². The minimum absolute atomic E-state index is 0.103. The van der Waals surface area contributed by atoms with Gasteiger partial charge in [0.25, 0.3) is 0 Å². The second kappa shape index (κ2) is 7.14. The maximum Gasteiger partial charge on any atom is 0.230 e. The van der Waals surface area contributed by atoms with Crippen LogP contribution in [0.15, 0.2) is 24.3 Å². The molecule has 2 N–H and O–H groups in total. The number of amides is 1. The summed E-state index contributed by atoms with van der Waals surface area (Å²) in [4.78, 5) is 11.8. The molecule has 0 spiro atoms. The number of thioether (sulfide) groups is 1. The van der Waals surface area contributed by atoms with Crippen molar-refractivity contribution in [3.63, 3.8) is 0 Å². The lowest BCUT2D eigenvalue weighted by atomic mass is 10.0. The van der Waals surface area contributed by atoms with Crippen molar-refractivity contribution in [2.75, 3.05) is 18.9 Å².